The molecule has 0 fully saturated rings. The number of amides is 1. The molecule has 3 aromatic rings. The van der Waals surface area contributed by atoms with Crippen LogP contribution in [-0.2, 0) is 11.2 Å². The molecule has 29 heavy (non-hydrogen) atoms. The summed E-state index contributed by atoms with van der Waals surface area (Å²) >= 11 is 6.40. The normalized spacial score (nSPS) is 11.5. The van der Waals surface area contributed by atoms with Crippen LogP contribution in [0.25, 0.3) is 6.08 Å². The average Bonchev–Trinajstić information content (AvgIpc) is 2.74. The van der Waals surface area contributed by atoms with Crippen LogP contribution >= 0.6 is 11.6 Å². The van der Waals surface area contributed by atoms with Gasteiger partial charge in [0.25, 0.3) is 0 Å². The number of aromatic nitrogens is 1. The first-order valence-electron chi connectivity index (χ1n) is 9.49. The highest BCUT2D eigenvalue weighted by molar-refractivity contribution is 6.33. The van der Waals surface area contributed by atoms with E-state index in [9.17, 15) is 4.79 Å². The number of pyridine rings is 1. The van der Waals surface area contributed by atoms with Crippen LogP contribution in [0.5, 0.6) is 0 Å². The molecule has 0 radical (unpaired) electrons. The Morgan fingerprint density at radius 2 is 1.93 bits per heavy atom. The standard InChI is InChI=1S/C24H24ClN3O/c1-3-19-6-4-5-7-20(19)23(28-22-9-8-17(2)16-21(22)25)24(29)27-15-12-18-10-13-26-14-11-18/h3-11,13-14,16,23,28H,1,12,15H2,2H3,(H,27,29). The van der Waals surface area contributed by atoms with Crippen LogP contribution in [0.4, 0.5) is 5.69 Å². The number of nitrogens with zero attached hydrogens (tertiary/aromatic N) is 1. The van der Waals surface area contributed by atoms with Crippen molar-refractivity contribution in [3.05, 3.63) is 101 Å². The molecule has 5 heteroatoms. The van der Waals surface area contributed by atoms with Gasteiger partial charge in [0.05, 0.1) is 10.7 Å². The molecular formula is C24H24ClN3O. The van der Waals surface area contributed by atoms with Gasteiger partial charge in [0, 0.05) is 18.9 Å². The molecule has 0 bridgehead atoms. The summed E-state index contributed by atoms with van der Waals surface area (Å²) in [6, 6.07) is 16.7. The molecule has 3 rings (SSSR count). The third-order valence-corrected chi connectivity index (χ3v) is 4.99. The van der Waals surface area contributed by atoms with Gasteiger partial charge in [-0.3, -0.25) is 9.78 Å². The fourth-order valence-electron chi connectivity index (χ4n) is 3.12. The first-order chi connectivity index (χ1) is 14.1. The van der Waals surface area contributed by atoms with E-state index < -0.39 is 6.04 Å². The molecule has 0 saturated carbocycles. The summed E-state index contributed by atoms with van der Waals surface area (Å²) in [5.41, 5.74) is 4.65. The maximum Gasteiger partial charge on any atom is 0.247 e. The lowest BCUT2D eigenvalue weighted by Gasteiger charge is -2.22. The largest absolute Gasteiger partial charge is 0.369 e. The fourth-order valence-corrected chi connectivity index (χ4v) is 3.41. The molecule has 1 aromatic heterocycles. The molecule has 1 heterocycles. The topological polar surface area (TPSA) is 54.0 Å². The minimum absolute atomic E-state index is 0.120. The van der Waals surface area contributed by atoms with E-state index >= 15 is 0 Å². The maximum absolute atomic E-state index is 13.1. The van der Waals surface area contributed by atoms with E-state index in [1.165, 1.54) is 0 Å². The number of benzene rings is 2. The van der Waals surface area contributed by atoms with E-state index in [2.05, 4.69) is 22.2 Å². The number of rotatable bonds is 8. The van der Waals surface area contributed by atoms with Gasteiger partial charge in [0.15, 0.2) is 0 Å². The number of anilines is 1. The first-order valence-corrected chi connectivity index (χ1v) is 9.87. The van der Waals surface area contributed by atoms with Crippen LogP contribution in [-0.4, -0.2) is 17.4 Å². The highest BCUT2D eigenvalue weighted by atomic mass is 35.5. The van der Waals surface area contributed by atoms with Crippen molar-refractivity contribution in [3.63, 3.8) is 0 Å². The highest BCUT2D eigenvalue weighted by Gasteiger charge is 2.23. The zero-order chi connectivity index (χ0) is 20.6. The van der Waals surface area contributed by atoms with E-state index in [0.717, 1.165) is 28.7 Å². The lowest BCUT2D eigenvalue weighted by molar-refractivity contribution is -0.121. The van der Waals surface area contributed by atoms with Gasteiger partial charge >= 0.3 is 0 Å². The Hall–Kier alpha value is -3.11. The molecular weight excluding hydrogens is 382 g/mol. The third kappa shape index (κ3) is 5.46. The lowest BCUT2D eigenvalue weighted by atomic mass is 9.99. The zero-order valence-electron chi connectivity index (χ0n) is 16.4. The Labute approximate surface area is 176 Å². The number of hydrogen-bond acceptors (Lipinski definition) is 3. The summed E-state index contributed by atoms with van der Waals surface area (Å²) in [6.45, 7) is 6.38. The number of hydrogen-bond donors (Lipinski definition) is 2. The van der Waals surface area contributed by atoms with E-state index in [0.29, 0.717) is 17.3 Å². The monoisotopic (exact) mass is 405 g/mol. The van der Waals surface area contributed by atoms with Crippen molar-refractivity contribution in [2.45, 2.75) is 19.4 Å². The van der Waals surface area contributed by atoms with Crippen LogP contribution in [0.1, 0.15) is 28.3 Å². The average molecular weight is 406 g/mol. The van der Waals surface area contributed by atoms with Crippen molar-refractivity contribution in [2.24, 2.45) is 0 Å². The van der Waals surface area contributed by atoms with Crippen molar-refractivity contribution < 1.29 is 4.79 Å². The van der Waals surface area contributed by atoms with Gasteiger partial charge in [-0.1, -0.05) is 54.6 Å². The molecule has 1 atom stereocenters. The summed E-state index contributed by atoms with van der Waals surface area (Å²) in [4.78, 5) is 17.1. The molecule has 1 unspecified atom stereocenters. The Morgan fingerprint density at radius 1 is 1.17 bits per heavy atom. The smallest absolute Gasteiger partial charge is 0.247 e. The molecule has 0 saturated heterocycles. The van der Waals surface area contributed by atoms with Crippen LogP contribution < -0.4 is 10.6 Å². The van der Waals surface area contributed by atoms with E-state index in [4.69, 9.17) is 11.6 Å². The molecule has 148 valence electrons. The van der Waals surface area contributed by atoms with Crippen molar-refractivity contribution in [1.29, 1.82) is 0 Å². The van der Waals surface area contributed by atoms with Gasteiger partial charge in [-0.15, -0.1) is 0 Å². The number of nitrogens with one attached hydrogen (secondary N) is 2. The van der Waals surface area contributed by atoms with Crippen LogP contribution in [0.2, 0.25) is 5.02 Å². The Morgan fingerprint density at radius 3 is 2.66 bits per heavy atom. The first kappa shape index (κ1) is 20.6. The van der Waals surface area contributed by atoms with Gasteiger partial charge in [0.1, 0.15) is 6.04 Å². The van der Waals surface area contributed by atoms with Crippen LogP contribution in [0.15, 0.2) is 73.6 Å². The second-order valence-electron chi connectivity index (χ2n) is 6.79. The molecule has 0 aliphatic heterocycles. The molecule has 0 spiro atoms. The van der Waals surface area contributed by atoms with E-state index in [1.807, 2.05) is 61.5 Å². The number of carbonyl (C=O) groups is 1. The van der Waals surface area contributed by atoms with Gasteiger partial charge in [-0.2, -0.15) is 0 Å². The van der Waals surface area contributed by atoms with E-state index in [1.54, 1.807) is 18.5 Å². The molecule has 2 aromatic carbocycles. The summed E-state index contributed by atoms with van der Waals surface area (Å²) < 4.78 is 0. The van der Waals surface area contributed by atoms with Gasteiger partial charge < -0.3 is 10.6 Å². The van der Waals surface area contributed by atoms with Gasteiger partial charge in [-0.25, -0.2) is 0 Å². The second kappa shape index (κ2) is 9.89. The van der Waals surface area contributed by atoms with Crippen molar-refractivity contribution >= 4 is 29.3 Å². The minimum atomic E-state index is -0.596. The molecule has 0 aliphatic rings. The van der Waals surface area contributed by atoms with Crippen molar-refractivity contribution in [1.82, 2.24) is 10.3 Å². The van der Waals surface area contributed by atoms with E-state index in [-0.39, 0.29) is 5.91 Å². The molecule has 2 N–H and O–H groups in total. The van der Waals surface area contributed by atoms with Crippen molar-refractivity contribution in [2.75, 3.05) is 11.9 Å². The second-order valence-corrected chi connectivity index (χ2v) is 7.20. The molecule has 4 nitrogen and oxygen atoms in total. The summed E-state index contributed by atoms with van der Waals surface area (Å²) in [7, 11) is 0. The minimum Gasteiger partial charge on any atom is -0.369 e. The van der Waals surface area contributed by atoms with Crippen LogP contribution in [0, 0.1) is 6.92 Å². The third-order valence-electron chi connectivity index (χ3n) is 4.68. The highest BCUT2D eigenvalue weighted by Crippen LogP contribution is 2.29. The van der Waals surface area contributed by atoms with Crippen molar-refractivity contribution in [3.8, 4) is 0 Å². The predicted octanol–water partition coefficient (Wildman–Crippen LogP) is 5.20. The maximum atomic E-state index is 13.1. The fraction of sp³-hybridized carbons (Fsp3) is 0.167. The Bertz CT molecular complexity index is 988. The lowest BCUT2D eigenvalue weighted by Crippen LogP contribution is -2.35. The zero-order valence-corrected chi connectivity index (χ0v) is 17.1. The summed E-state index contributed by atoms with van der Waals surface area (Å²) in [5.74, 6) is -0.120. The Balaban J connectivity index is 1.81. The van der Waals surface area contributed by atoms with Gasteiger partial charge in [0.2, 0.25) is 5.91 Å². The molecule has 1 amide bonds. The number of aryl methyl sites for hydroxylation is 1. The molecule has 0 aliphatic carbocycles. The number of carbonyl (C=O) groups excluding carboxylic acids is 1. The number of halogens is 1. The summed E-state index contributed by atoms with van der Waals surface area (Å²) in [6.07, 6.45) is 5.99. The quantitative estimate of drug-likeness (QED) is 0.541. The van der Waals surface area contributed by atoms with Crippen LogP contribution in [0.3, 0.4) is 0 Å². The predicted molar refractivity (Wildman–Crippen MR) is 120 cm³/mol. The SMILES string of the molecule is C=Cc1ccccc1C(Nc1ccc(C)cc1Cl)C(=O)NCCc1ccncc1. The Kier molecular flexibility index (Phi) is 7.04. The van der Waals surface area contributed by atoms with Gasteiger partial charge in [-0.05, 0) is 59.9 Å². The summed E-state index contributed by atoms with van der Waals surface area (Å²) in [5, 5.41) is 6.92.